The number of halogens is 2. The standard InChI is InChI=1S/C15H17Cl2NO3/c1-10(15(20)21)3-2-8-18-14(19)7-5-11-4-6-12(16)9-13(11)17/h4-7,9-10H,2-3,8H2,1H3,(H,18,19)(H,20,21)/b7-5+. The molecule has 0 bridgehead atoms. The normalized spacial score (nSPS) is 12.3. The van der Waals surface area contributed by atoms with Crippen LogP contribution in [0.5, 0.6) is 0 Å². The lowest BCUT2D eigenvalue weighted by molar-refractivity contribution is -0.141. The monoisotopic (exact) mass is 329 g/mol. The van der Waals surface area contributed by atoms with Crippen LogP contribution in [-0.4, -0.2) is 23.5 Å². The summed E-state index contributed by atoms with van der Waals surface area (Å²) in [6.07, 6.45) is 4.14. The number of hydrogen-bond donors (Lipinski definition) is 2. The van der Waals surface area contributed by atoms with E-state index in [2.05, 4.69) is 5.32 Å². The molecule has 0 aliphatic rings. The first-order valence-electron chi connectivity index (χ1n) is 6.54. The number of benzene rings is 1. The lowest BCUT2D eigenvalue weighted by Crippen LogP contribution is -2.23. The molecule has 2 N–H and O–H groups in total. The second-order valence-corrected chi connectivity index (χ2v) is 5.52. The molecule has 1 rings (SSSR count). The third kappa shape index (κ3) is 6.65. The number of carboxylic acid groups (broad SMARTS) is 1. The minimum absolute atomic E-state index is 0.246. The summed E-state index contributed by atoms with van der Waals surface area (Å²) in [5, 5.41) is 12.4. The van der Waals surface area contributed by atoms with E-state index in [9.17, 15) is 9.59 Å². The number of carboxylic acids is 1. The molecule has 1 atom stereocenters. The molecule has 114 valence electrons. The molecule has 0 fully saturated rings. The summed E-state index contributed by atoms with van der Waals surface area (Å²) in [5.41, 5.74) is 0.704. The van der Waals surface area contributed by atoms with E-state index >= 15 is 0 Å². The molecule has 0 heterocycles. The van der Waals surface area contributed by atoms with Gasteiger partial charge in [0.15, 0.2) is 0 Å². The summed E-state index contributed by atoms with van der Waals surface area (Å²) < 4.78 is 0. The van der Waals surface area contributed by atoms with Crippen LogP contribution in [0.3, 0.4) is 0 Å². The van der Waals surface area contributed by atoms with Crippen LogP contribution in [0.25, 0.3) is 6.08 Å². The molecule has 1 unspecified atom stereocenters. The Labute approximate surface area is 133 Å². The first kappa shape index (κ1) is 17.5. The SMILES string of the molecule is CC(CCCNC(=O)/C=C/c1ccc(Cl)cc1Cl)C(=O)O. The second kappa shape index (κ2) is 8.70. The Morgan fingerprint density at radius 2 is 2.10 bits per heavy atom. The average molecular weight is 330 g/mol. The summed E-state index contributed by atoms with van der Waals surface area (Å²) in [6.45, 7) is 2.09. The molecule has 6 heteroatoms. The van der Waals surface area contributed by atoms with E-state index in [0.29, 0.717) is 35.0 Å². The first-order valence-corrected chi connectivity index (χ1v) is 7.29. The van der Waals surface area contributed by atoms with Crippen LogP contribution in [0.2, 0.25) is 10.0 Å². The van der Waals surface area contributed by atoms with Gasteiger partial charge in [0.2, 0.25) is 5.91 Å². The molecule has 0 aromatic heterocycles. The summed E-state index contributed by atoms with van der Waals surface area (Å²) in [6, 6.07) is 5.02. The van der Waals surface area contributed by atoms with Crippen molar-refractivity contribution in [1.82, 2.24) is 5.32 Å². The molecule has 1 amide bonds. The first-order chi connectivity index (χ1) is 9.90. The lowest BCUT2D eigenvalue weighted by Gasteiger charge is -2.06. The molecule has 0 radical (unpaired) electrons. The van der Waals surface area contributed by atoms with Crippen LogP contribution >= 0.6 is 23.2 Å². The summed E-state index contributed by atoms with van der Waals surface area (Å²) >= 11 is 11.8. The number of nitrogens with one attached hydrogen (secondary N) is 1. The molecule has 1 aromatic carbocycles. The van der Waals surface area contributed by atoms with Gasteiger partial charge in [0.05, 0.1) is 5.92 Å². The maximum absolute atomic E-state index is 11.6. The zero-order chi connectivity index (χ0) is 15.8. The van der Waals surface area contributed by atoms with E-state index < -0.39 is 11.9 Å². The highest BCUT2D eigenvalue weighted by molar-refractivity contribution is 6.35. The van der Waals surface area contributed by atoms with E-state index in [-0.39, 0.29) is 5.91 Å². The predicted octanol–water partition coefficient (Wildman–Crippen LogP) is 3.62. The topological polar surface area (TPSA) is 66.4 Å². The van der Waals surface area contributed by atoms with Gasteiger partial charge in [-0.1, -0.05) is 36.2 Å². The van der Waals surface area contributed by atoms with Crippen LogP contribution in [0.4, 0.5) is 0 Å². The average Bonchev–Trinajstić information content (AvgIpc) is 2.42. The van der Waals surface area contributed by atoms with Crippen LogP contribution in [-0.2, 0) is 9.59 Å². The van der Waals surface area contributed by atoms with Crippen LogP contribution < -0.4 is 5.32 Å². The number of carbonyl (C=O) groups is 2. The van der Waals surface area contributed by atoms with E-state index in [0.717, 1.165) is 0 Å². The van der Waals surface area contributed by atoms with Crippen LogP contribution in [0, 0.1) is 5.92 Å². The molecular weight excluding hydrogens is 313 g/mol. The zero-order valence-electron chi connectivity index (χ0n) is 11.6. The van der Waals surface area contributed by atoms with Gasteiger partial charge in [0.1, 0.15) is 0 Å². The van der Waals surface area contributed by atoms with Crippen molar-refractivity contribution < 1.29 is 14.7 Å². The fourth-order valence-electron chi connectivity index (χ4n) is 1.60. The van der Waals surface area contributed by atoms with Crippen molar-refractivity contribution in [3.05, 3.63) is 39.9 Å². The van der Waals surface area contributed by atoms with Gasteiger partial charge in [-0.3, -0.25) is 9.59 Å². The Hall–Kier alpha value is -1.52. The van der Waals surface area contributed by atoms with Gasteiger partial charge >= 0.3 is 5.97 Å². The van der Waals surface area contributed by atoms with E-state index in [1.165, 1.54) is 6.08 Å². The third-order valence-corrected chi connectivity index (χ3v) is 3.47. The number of rotatable bonds is 7. The molecule has 1 aromatic rings. The smallest absolute Gasteiger partial charge is 0.306 e. The van der Waals surface area contributed by atoms with Crippen LogP contribution in [0.15, 0.2) is 24.3 Å². The Kier molecular flexibility index (Phi) is 7.26. The van der Waals surface area contributed by atoms with Gasteiger partial charge in [-0.05, 0) is 36.6 Å². The highest BCUT2D eigenvalue weighted by atomic mass is 35.5. The molecule has 0 aliphatic carbocycles. The molecule has 0 saturated heterocycles. The zero-order valence-corrected chi connectivity index (χ0v) is 13.1. The van der Waals surface area contributed by atoms with Gasteiger partial charge in [-0.2, -0.15) is 0 Å². The van der Waals surface area contributed by atoms with E-state index in [1.807, 2.05) is 0 Å². The highest BCUT2D eigenvalue weighted by Gasteiger charge is 2.09. The fraction of sp³-hybridized carbons (Fsp3) is 0.333. The Bertz CT molecular complexity index is 544. The highest BCUT2D eigenvalue weighted by Crippen LogP contribution is 2.21. The molecular formula is C15H17Cl2NO3. The van der Waals surface area contributed by atoms with Crippen molar-refractivity contribution in [2.24, 2.45) is 5.92 Å². The minimum atomic E-state index is -0.821. The van der Waals surface area contributed by atoms with E-state index in [4.69, 9.17) is 28.3 Å². The van der Waals surface area contributed by atoms with Gasteiger partial charge in [0.25, 0.3) is 0 Å². The Morgan fingerprint density at radius 1 is 1.38 bits per heavy atom. The van der Waals surface area contributed by atoms with Crippen molar-refractivity contribution in [1.29, 1.82) is 0 Å². The van der Waals surface area contributed by atoms with Gasteiger partial charge in [-0.15, -0.1) is 0 Å². The molecule has 0 saturated carbocycles. The Balaban J connectivity index is 2.36. The van der Waals surface area contributed by atoms with Gasteiger partial charge < -0.3 is 10.4 Å². The van der Waals surface area contributed by atoms with Crippen molar-refractivity contribution >= 4 is 41.2 Å². The predicted molar refractivity (Wildman–Crippen MR) is 84.5 cm³/mol. The summed E-state index contributed by atoms with van der Waals surface area (Å²) in [5.74, 6) is -1.46. The quantitative estimate of drug-likeness (QED) is 0.593. The van der Waals surface area contributed by atoms with Crippen LogP contribution in [0.1, 0.15) is 25.3 Å². The van der Waals surface area contributed by atoms with Gasteiger partial charge in [0, 0.05) is 22.7 Å². The maximum Gasteiger partial charge on any atom is 0.306 e. The minimum Gasteiger partial charge on any atom is -0.481 e. The second-order valence-electron chi connectivity index (χ2n) is 4.67. The number of carbonyl (C=O) groups excluding carboxylic acids is 1. The maximum atomic E-state index is 11.6. The Morgan fingerprint density at radius 3 is 2.71 bits per heavy atom. The van der Waals surface area contributed by atoms with Crippen molar-refractivity contribution in [2.45, 2.75) is 19.8 Å². The fourth-order valence-corrected chi connectivity index (χ4v) is 2.08. The van der Waals surface area contributed by atoms with Crippen molar-refractivity contribution in [3.63, 3.8) is 0 Å². The van der Waals surface area contributed by atoms with E-state index in [1.54, 1.807) is 31.2 Å². The number of aliphatic carboxylic acids is 1. The molecule has 0 aliphatic heterocycles. The largest absolute Gasteiger partial charge is 0.481 e. The molecule has 21 heavy (non-hydrogen) atoms. The van der Waals surface area contributed by atoms with Crippen molar-refractivity contribution in [2.75, 3.05) is 6.54 Å². The summed E-state index contributed by atoms with van der Waals surface area (Å²) in [7, 11) is 0. The number of hydrogen-bond acceptors (Lipinski definition) is 2. The lowest BCUT2D eigenvalue weighted by atomic mass is 10.1. The van der Waals surface area contributed by atoms with Crippen molar-refractivity contribution in [3.8, 4) is 0 Å². The molecule has 0 spiro atoms. The molecule has 4 nitrogen and oxygen atoms in total. The summed E-state index contributed by atoms with van der Waals surface area (Å²) in [4.78, 5) is 22.2. The third-order valence-electron chi connectivity index (χ3n) is 2.91. The van der Waals surface area contributed by atoms with Gasteiger partial charge in [-0.25, -0.2) is 0 Å². The number of amides is 1.